The molecule has 1 rings (SSSR count). The SMILES string of the molecule is Fc1ccc(NCCCS)cc1Cl. The Kier molecular flexibility index (Phi) is 4.39. The average molecular weight is 220 g/mol. The minimum atomic E-state index is -0.388. The summed E-state index contributed by atoms with van der Waals surface area (Å²) in [6, 6.07) is 4.60. The summed E-state index contributed by atoms with van der Waals surface area (Å²) in [5.41, 5.74) is 0.841. The van der Waals surface area contributed by atoms with Gasteiger partial charge < -0.3 is 5.32 Å². The summed E-state index contributed by atoms with van der Waals surface area (Å²) in [6.45, 7) is 0.825. The Morgan fingerprint density at radius 3 is 2.85 bits per heavy atom. The predicted octanol–water partition coefficient (Wildman–Crippen LogP) is 3.21. The van der Waals surface area contributed by atoms with Crippen molar-refractivity contribution in [1.82, 2.24) is 0 Å². The minimum absolute atomic E-state index is 0.149. The predicted molar refractivity (Wildman–Crippen MR) is 58.4 cm³/mol. The van der Waals surface area contributed by atoms with Crippen LogP contribution in [0.3, 0.4) is 0 Å². The summed E-state index contributed by atoms with van der Waals surface area (Å²) in [5, 5.41) is 3.26. The molecule has 0 fully saturated rings. The smallest absolute Gasteiger partial charge is 0.141 e. The zero-order valence-electron chi connectivity index (χ0n) is 7.06. The van der Waals surface area contributed by atoms with Crippen molar-refractivity contribution in [3.05, 3.63) is 29.0 Å². The maximum atomic E-state index is 12.7. The van der Waals surface area contributed by atoms with E-state index < -0.39 is 0 Å². The van der Waals surface area contributed by atoms with E-state index in [2.05, 4.69) is 17.9 Å². The van der Waals surface area contributed by atoms with Gasteiger partial charge in [-0.1, -0.05) is 11.6 Å². The Balaban J connectivity index is 2.53. The second-order valence-corrected chi connectivity index (χ2v) is 3.49. The molecule has 0 aliphatic carbocycles. The molecule has 0 spiro atoms. The Morgan fingerprint density at radius 2 is 2.23 bits per heavy atom. The monoisotopic (exact) mass is 219 g/mol. The Hall–Kier alpha value is -0.410. The molecular weight excluding hydrogens is 209 g/mol. The lowest BCUT2D eigenvalue weighted by Gasteiger charge is -2.05. The average Bonchev–Trinajstić information content (AvgIpc) is 2.12. The molecule has 4 heteroatoms. The van der Waals surface area contributed by atoms with E-state index in [1.807, 2.05) is 0 Å². The van der Waals surface area contributed by atoms with Crippen LogP contribution in [0.25, 0.3) is 0 Å². The molecule has 1 aromatic carbocycles. The molecule has 0 aromatic heterocycles. The molecule has 1 N–H and O–H groups in total. The summed E-state index contributed by atoms with van der Waals surface area (Å²) in [6.07, 6.45) is 0.970. The quantitative estimate of drug-likeness (QED) is 0.586. The third-order valence-corrected chi connectivity index (χ3v) is 2.19. The van der Waals surface area contributed by atoms with Gasteiger partial charge in [0.2, 0.25) is 0 Å². The maximum absolute atomic E-state index is 12.7. The van der Waals surface area contributed by atoms with E-state index in [1.165, 1.54) is 6.07 Å². The molecule has 0 atom stereocenters. The Labute approximate surface area is 87.7 Å². The molecular formula is C9H11ClFNS. The molecule has 0 saturated carbocycles. The van der Waals surface area contributed by atoms with E-state index in [0.29, 0.717) is 0 Å². The molecule has 1 aromatic rings. The van der Waals surface area contributed by atoms with Crippen molar-refractivity contribution in [2.75, 3.05) is 17.6 Å². The van der Waals surface area contributed by atoms with Gasteiger partial charge in [-0.25, -0.2) is 4.39 Å². The van der Waals surface area contributed by atoms with E-state index in [4.69, 9.17) is 11.6 Å². The van der Waals surface area contributed by atoms with Gasteiger partial charge in [-0.3, -0.25) is 0 Å². The largest absolute Gasteiger partial charge is 0.385 e. The molecule has 13 heavy (non-hydrogen) atoms. The highest BCUT2D eigenvalue weighted by atomic mass is 35.5. The van der Waals surface area contributed by atoms with Crippen molar-refractivity contribution in [3.8, 4) is 0 Å². The van der Waals surface area contributed by atoms with Crippen LogP contribution in [0.15, 0.2) is 18.2 Å². The molecule has 0 amide bonds. The first-order valence-electron chi connectivity index (χ1n) is 4.04. The molecule has 0 radical (unpaired) electrons. The lowest BCUT2D eigenvalue weighted by Crippen LogP contribution is -2.01. The molecule has 0 heterocycles. The van der Waals surface area contributed by atoms with E-state index in [1.54, 1.807) is 12.1 Å². The Morgan fingerprint density at radius 1 is 1.46 bits per heavy atom. The van der Waals surface area contributed by atoms with Crippen LogP contribution in [0, 0.1) is 5.82 Å². The fraction of sp³-hybridized carbons (Fsp3) is 0.333. The van der Waals surface area contributed by atoms with Gasteiger partial charge in [0.05, 0.1) is 5.02 Å². The van der Waals surface area contributed by atoms with Gasteiger partial charge in [-0.05, 0) is 30.4 Å². The van der Waals surface area contributed by atoms with Crippen molar-refractivity contribution in [2.24, 2.45) is 0 Å². The van der Waals surface area contributed by atoms with Gasteiger partial charge in [0.1, 0.15) is 5.82 Å². The maximum Gasteiger partial charge on any atom is 0.141 e. The van der Waals surface area contributed by atoms with Gasteiger partial charge in [0, 0.05) is 12.2 Å². The van der Waals surface area contributed by atoms with Crippen LogP contribution >= 0.6 is 24.2 Å². The van der Waals surface area contributed by atoms with Crippen LogP contribution in [0.4, 0.5) is 10.1 Å². The highest BCUT2D eigenvalue weighted by molar-refractivity contribution is 7.80. The lowest BCUT2D eigenvalue weighted by atomic mass is 10.3. The van der Waals surface area contributed by atoms with E-state index in [-0.39, 0.29) is 10.8 Å². The van der Waals surface area contributed by atoms with Crippen LogP contribution in [0.5, 0.6) is 0 Å². The normalized spacial score (nSPS) is 10.1. The van der Waals surface area contributed by atoms with Gasteiger partial charge in [0.15, 0.2) is 0 Å². The summed E-state index contributed by atoms with van der Waals surface area (Å²) in [4.78, 5) is 0. The van der Waals surface area contributed by atoms with Crippen LogP contribution in [-0.2, 0) is 0 Å². The van der Waals surface area contributed by atoms with Crippen molar-refractivity contribution < 1.29 is 4.39 Å². The van der Waals surface area contributed by atoms with Gasteiger partial charge in [-0.15, -0.1) is 0 Å². The number of thiol groups is 1. The van der Waals surface area contributed by atoms with Crippen LogP contribution in [0.2, 0.25) is 5.02 Å². The second kappa shape index (κ2) is 5.35. The van der Waals surface area contributed by atoms with E-state index in [0.717, 1.165) is 24.4 Å². The minimum Gasteiger partial charge on any atom is -0.385 e. The van der Waals surface area contributed by atoms with Crippen molar-refractivity contribution >= 4 is 29.9 Å². The first-order chi connectivity index (χ1) is 6.24. The summed E-state index contributed by atoms with van der Waals surface area (Å²) < 4.78 is 12.7. The fourth-order valence-corrected chi connectivity index (χ4v) is 1.26. The lowest BCUT2D eigenvalue weighted by molar-refractivity contribution is 0.628. The second-order valence-electron chi connectivity index (χ2n) is 2.63. The van der Waals surface area contributed by atoms with Crippen molar-refractivity contribution in [1.29, 1.82) is 0 Å². The first kappa shape index (κ1) is 10.7. The van der Waals surface area contributed by atoms with E-state index in [9.17, 15) is 4.39 Å². The molecule has 0 aliphatic heterocycles. The Bertz CT molecular complexity index is 280. The highest BCUT2D eigenvalue weighted by Gasteiger charge is 1.99. The molecule has 0 bridgehead atoms. The number of rotatable bonds is 4. The first-order valence-corrected chi connectivity index (χ1v) is 5.05. The third-order valence-electron chi connectivity index (χ3n) is 1.58. The number of benzene rings is 1. The standard InChI is InChI=1S/C9H11ClFNS/c10-8-6-7(2-3-9(8)11)12-4-1-5-13/h2-3,6,12-13H,1,4-5H2. The topological polar surface area (TPSA) is 12.0 Å². The van der Waals surface area contributed by atoms with Crippen molar-refractivity contribution in [2.45, 2.75) is 6.42 Å². The zero-order valence-corrected chi connectivity index (χ0v) is 8.71. The summed E-state index contributed by atoms with van der Waals surface area (Å²) >= 11 is 9.67. The van der Waals surface area contributed by atoms with Crippen LogP contribution < -0.4 is 5.32 Å². The van der Waals surface area contributed by atoms with Gasteiger partial charge in [-0.2, -0.15) is 12.6 Å². The van der Waals surface area contributed by atoms with Crippen LogP contribution in [-0.4, -0.2) is 12.3 Å². The van der Waals surface area contributed by atoms with Crippen molar-refractivity contribution in [3.63, 3.8) is 0 Å². The molecule has 72 valence electrons. The van der Waals surface area contributed by atoms with E-state index >= 15 is 0 Å². The molecule has 0 aliphatic rings. The highest BCUT2D eigenvalue weighted by Crippen LogP contribution is 2.19. The fourth-order valence-electron chi connectivity index (χ4n) is 0.918. The number of hydrogen-bond donors (Lipinski definition) is 2. The van der Waals surface area contributed by atoms with Crippen LogP contribution in [0.1, 0.15) is 6.42 Å². The number of halogens is 2. The number of hydrogen-bond acceptors (Lipinski definition) is 2. The van der Waals surface area contributed by atoms with Gasteiger partial charge in [0.25, 0.3) is 0 Å². The summed E-state index contributed by atoms with van der Waals surface area (Å²) in [5.74, 6) is 0.448. The third kappa shape index (κ3) is 3.44. The summed E-state index contributed by atoms with van der Waals surface area (Å²) in [7, 11) is 0. The number of nitrogens with one attached hydrogen (secondary N) is 1. The molecule has 1 nitrogen and oxygen atoms in total. The molecule has 0 unspecified atom stereocenters. The number of anilines is 1. The molecule has 0 saturated heterocycles. The zero-order chi connectivity index (χ0) is 9.68. The van der Waals surface area contributed by atoms with Gasteiger partial charge >= 0.3 is 0 Å².